The summed E-state index contributed by atoms with van der Waals surface area (Å²) in [4.78, 5) is 45.7. The average Bonchev–Trinajstić information content (AvgIpc) is 2.71. The Balaban J connectivity index is 2.06. The maximum absolute atomic E-state index is 13.0. The lowest BCUT2D eigenvalue weighted by Crippen LogP contribution is -2.40. The van der Waals surface area contributed by atoms with Crippen LogP contribution in [0.1, 0.15) is 6.92 Å². The molecule has 0 saturated heterocycles. The zero-order valence-electron chi connectivity index (χ0n) is 15.0. The lowest BCUT2D eigenvalue weighted by atomic mass is 10.2. The van der Waals surface area contributed by atoms with Crippen LogP contribution < -0.4 is 11.2 Å². The van der Waals surface area contributed by atoms with E-state index in [1.54, 1.807) is 17.6 Å². The van der Waals surface area contributed by atoms with Crippen molar-refractivity contribution in [3.05, 3.63) is 75.4 Å². The summed E-state index contributed by atoms with van der Waals surface area (Å²) in [6.45, 7) is 1.29. The number of ether oxygens (including phenoxy) is 1. The van der Waals surface area contributed by atoms with E-state index in [2.05, 4.69) is 9.97 Å². The molecule has 2 heterocycles. The minimum Gasteiger partial charge on any atom is -0.465 e. The minimum absolute atomic E-state index is 0.00597. The lowest BCUT2D eigenvalue weighted by molar-refractivity contribution is -0.143. The summed E-state index contributed by atoms with van der Waals surface area (Å²) in [6, 6.07) is 16.5. The maximum Gasteiger partial charge on any atom is 0.353 e. The van der Waals surface area contributed by atoms with E-state index in [-0.39, 0.29) is 18.1 Å². The highest BCUT2D eigenvalue weighted by molar-refractivity contribution is 5.81. The van der Waals surface area contributed by atoms with Crippen molar-refractivity contribution < 1.29 is 9.53 Å². The Labute approximate surface area is 159 Å². The number of hydrogen-bond acceptors (Lipinski definition) is 6. The second-order valence-electron chi connectivity index (χ2n) is 6.03. The summed E-state index contributed by atoms with van der Waals surface area (Å²) < 4.78 is 7.31. The molecule has 0 amide bonds. The quantitative estimate of drug-likeness (QED) is 0.397. The van der Waals surface area contributed by atoms with Crippen LogP contribution in [0, 0.1) is 0 Å². The molecule has 8 heteroatoms. The molecule has 0 aromatic heterocycles. The van der Waals surface area contributed by atoms with Crippen LogP contribution in [0.5, 0.6) is 0 Å². The molecule has 2 aromatic rings. The van der Waals surface area contributed by atoms with Crippen LogP contribution in [-0.4, -0.2) is 31.7 Å². The van der Waals surface area contributed by atoms with E-state index in [1.807, 2.05) is 48.5 Å². The molecule has 2 aliphatic heterocycles. The average molecular weight is 376 g/mol. The summed E-state index contributed by atoms with van der Waals surface area (Å²) in [5, 5.41) is 0. The second-order valence-corrected chi connectivity index (χ2v) is 6.03. The third-order valence-electron chi connectivity index (χ3n) is 4.27. The number of rotatable bonds is 4. The zero-order valence-corrected chi connectivity index (χ0v) is 15.0. The van der Waals surface area contributed by atoms with Crippen molar-refractivity contribution in [1.29, 1.82) is 0 Å². The largest absolute Gasteiger partial charge is 0.465 e. The van der Waals surface area contributed by atoms with E-state index in [0.29, 0.717) is 11.0 Å². The molecule has 4 rings (SSSR count). The highest BCUT2D eigenvalue weighted by Crippen LogP contribution is 2.24. The van der Waals surface area contributed by atoms with Gasteiger partial charge in [-0.15, -0.1) is 0 Å². The van der Waals surface area contributed by atoms with E-state index in [9.17, 15) is 14.4 Å². The molecule has 0 spiro atoms. The summed E-state index contributed by atoms with van der Waals surface area (Å²) in [5.41, 5.74) is 0.507. The fourth-order valence-electron chi connectivity index (χ4n) is 3.06. The van der Waals surface area contributed by atoms with Gasteiger partial charge in [0.05, 0.1) is 17.6 Å². The molecule has 140 valence electrons. The van der Waals surface area contributed by atoms with E-state index in [4.69, 9.17) is 4.74 Å². The Hall–Kier alpha value is -3.81. The van der Waals surface area contributed by atoms with Crippen molar-refractivity contribution >= 4 is 17.0 Å². The predicted molar refractivity (Wildman–Crippen MR) is 103 cm³/mol. The fraction of sp³-hybridized carbons (Fsp3) is 0.150. The van der Waals surface area contributed by atoms with Gasteiger partial charge in [-0.3, -0.25) is 14.2 Å². The molecule has 8 nitrogen and oxygen atoms in total. The molecule has 0 bridgehead atoms. The van der Waals surface area contributed by atoms with Crippen molar-refractivity contribution in [2.45, 2.75) is 13.5 Å². The molecule has 0 atom stereocenters. The first-order valence-corrected chi connectivity index (χ1v) is 8.73. The second kappa shape index (κ2) is 7.07. The van der Waals surface area contributed by atoms with Crippen LogP contribution in [0.4, 0.5) is 0 Å². The number of benzene rings is 2. The molecule has 2 aliphatic rings. The first-order valence-electron chi connectivity index (χ1n) is 8.73. The third-order valence-corrected chi connectivity index (χ3v) is 4.27. The lowest BCUT2D eigenvalue weighted by Gasteiger charge is -2.17. The van der Waals surface area contributed by atoms with Gasteiger partial charge in [0.15, 0.2) is 11.5 Å². The van der Waals surface area contributed by atoms with E-state index < -0.39 is 23.8 Å². The van der Waals surface area contributed by atoms with Crippen molar-refractivity contribution in [3.8, 4) is 17.2 Å². The van der Waals surface area contributed by atoms with Crippen molar-refractivity contribution in [2.24, 2.45) is 0 Å². The predicted octanol–water partition coefficient (Wildman–Crippen LogP) is 1.61. The Morgan fingerprint density at radius 1 is 1.00 bits per heavy atom. The number of para-hydroxylation sites is 3. The highest BCUT2D eigenvalue weighted by atomic mass is 16.5. The van der Waals surface area contributed by atoms with Crippen LogP contribution in [0.15, 0.2) is 64.2 Å². The SMILES string of the molecule is CCOC(=O)Cn1c(=O)nc2n(-c3ccccc3)c3ccccc3nc-2c1=O. The van der Waals surface area contributed by atoms with Gasteiger partial charge < -0.3 is 4.74 Å². The molecule has 28 heavy (non-hydrogen) atoms. The number of aromatic nitrogens is 4. The third kappa shape index (κ3) is 2.94. The van der Waals surface area contributed by atoms with E-state index in [0.717, 1.165) is 10.3 Å². The fourth-order valence-corrected chi connectivity index (χ4v) is 3.06. The van der Waals surface area contributed by atoms with Crippen LogP contribution in [0.25, 0.3) is 28.2 Å². The number of nitrogens with zero attached hydrogens (tertiary/aromatic N) is 4. The standard InChI is InChI=1S/C20H16N4O4/c1-2-28-16(25)12-23-19(26)17-18(22-20(23)27)24(13-8-4-3-5-9-13)15-11-7-6-10-14(15)21-17/h3-11H,2,12H2,1H3. The number of esters is 1. The van der Waals surface area contributed by atoms with Crippen LogP contribution in [0.3, 0.4) is 0 Å². The highest BCUT2D eigenvalue weighted by Gasteiger charge is 2.23. The number of carbonyl (C=O) groups is 1. The molecule has 0 aliphatic carbocycles. The van der Waals surface area contributed by atoms with Gasteiger partial charge in [-0.05, 0) is 31.2 Å². The maximum atomic E-state index is 13.0. The molecule has 0 unspecified atom stereocenters. The number of carbonyl (C=O) groups excluding carboxylic acids is 1. The van der Waals surface area contributed by atoms with Gasteiger partial charge in [-0.25, -0.2) is 14.3 Å². The Morgan fingerprint density at radius 2 is 1.71 bits per heavy atom. The zero-order chi connectivity index (χ0) is 19.7. The minimum atomic E-state index is -0.827. The summed E-state index contributed by atoms with van der Waals surface area (Å²) in [7, 11) is 0. The smallest absolute Gasteiger partial charge is 0.353 e. The number of hydrogen-bond donors (Lipinski definition) is 0. The summed E-state index contributed by atoms with van der Waals surface area (Å²) in [5.74, 6) is -0.542. The van der Waals surface area contributed by atoms with Gasteiger partial charge >= 0.3 is 11.7 Å². The molecule has 0 radical (unpaired) electrons. The topological polar surface area (TPSA) is 96.1 Å². The van der Waals surface area contributed by atoms with Crippen LogP contribution in [-0.2, 0) is 16.1 Å². The molecule has 0 saturated carbocycles. The first kappa shape index (κ1) is 17.6. The monoisotopic (exact) mass is 376 g/mol. The first-order chi connectivity index (χ1) is 13.6. The number of fused-ring (bicyclic) bond motifs is 2. The van der Waals surface area contributed by atoms with Crippen molar-refractivity contribution in [3.63, 3.8) is 0 Å². The van der Waals surface area contributed by atoms with Crippen molar-refractivity contribution in [1.82, 2.24) is 19.1 Å². The summed E-state index contributed by atoms with van der Waals surface area (Å²) >= 11 is 0. The van der Waals surface area contributed by atoms with Crippen LogP contribution in [0.2, 0.25) is 0 Å². The van der Waals surface area contributed by atoms with Gasteiger partial charge in [0.2, 0.25) is 0 Å². The molecular weight excluding hydrogens is 360 g/mol. The van der Waals surface area contributed by atoms with E-state index in [1.165, 1.54) is 0 Å². The molecule has 0 fully saturated rings. The molecule has 0 N–H and O–H groups in total. The van der Waals surface area contributed by atoms with Crippen LogP contribution >= 0.6 is 0 Å². The van der Waals surface area contributed by atoms with Gasteiger partial charge in [0.25, 0.3) is 5.56 Å². The normalized spacial score (nSPS) is 11.0. The van der Waals surface area contributed by atoms with E-state index >= 15 is 0 Å². The Kier molecular flexibility index (Phi) is 4.44. The summed E-state index contributed by atoms with van der Waals surface area (Å²) in [6.07, 6.45) is 0. The van der Waals surface area contributed by atoms with Gasteiger partial charge in [0, 0.05) is 5.69 Å². The molecular formula is C20H16N4O4. The Bertz CT molecular complexity index is 1260. The van der Waals surface area contributed by atoms with Crippen molar-refractivity contribution in [2.75, 3.05) is 6.61 Å². The van der Waals surface area contributed by atoms with Gasteiger partial charge in [0.1, 0.15) is 6.54 Å². The van der Waals surface area contributed by atoms with Gasteiger partial charge in [-0.2, -0.15) is 4.98 Å². The molecule has 2 aromatic carbocycles. The van der Waals surface area contributed by atoms with Gasteiger partial charge in [-0.1, -0.05) is 30.3 Å². The Morgan fingerprint density at radius 3 is 2.46 bits per heavy atom.